The smallest absolute Gasteiger partial charge is 0.303 e. The average molecular weight is 281 g/mol. The van der Waals surface area contributed by atoms with E-state index in [-0.39, 0.29) is 12.2 Å². The van der Waals surface area contributed by atoms with E-state index in [1.54, 1.807) is 12.1 Å². The number of phenols is 1. The van der Waals surface area contributed by atoms with Gasteiger partial charge in [-0.05, 0) is 44.5 Å². The van der Waals surface area contributed by atoms with Crippen LogP contribution in [0.3, 0.4) is 0 Å². The molecule has 5 nitrogen and oxygen atoms in total. The number of phenolic OH excluding ortho intramolecular Hbond substituents is 1. The van der Waals surface area contributed by atoms with Gasteiger partial charge in [0.1, 0.15) is 0 Å². The van der Waals surface area contributed by atoms with Crippen LogP contribution in [0.15, 0.2) is 18.2 Å². The van der Waals surface area contributed by atoms with E-state index >= 15 is 0 Å². The van der Waals surface area contributed by atoms with Gasteiger partial charge in [0.15, 0.2) is 11.5 Å². The zero-order valence-corrected chi connectivity index (χ0v) is 12.3. The van der Waals surface area contributed by atoms with Gasteiger partial charge in [-0.15, -0.1) is 0 Å². The minimum absolute atomic E-state index is 0.124. The normalized spacial score (nSPS) is 11.1. The van der Waals surface area contributed by atoms with Crippen LogP contribution in [0, 0.1) is 0 Å². The Morgan fingerprint density at radius 3 is 2.60 bits per heavy atom. The lowest BCUT2D eigenvalue weighted by Gasteiger charge is -2.26. The fourth-order valence-electron chi connectivity index (χ4n) is 2.02. The molecule has 2 N–H and O–H groups in total. The molecule has 0 atom stereocenters. The molecule has 1 aromatic rings. The summed E-state index contributed by atoms with van der Waals surface area (Å²) in [6, 6.07) is 5.64. The summed E-state index contributed by atoms with van der Waals surface area (Å²) in [7, 11) is 1.51. The Morgan fingerprint density at radius 1 is 1.40 bits per heavy atom. The SMILES string of the molecule is COc1ccc(CN(CCCC(=O)O)C(C)C)cc1O. The molecule has 112 valence electrons. The third-order valence-corrected chi connectivity index (χ3v) is 3.20. The summed E-state index contributed by atoms with van der Waals surface area (Å²) in [6.45, 7) is 5.54. The second-order valence-electron chi connectivity index (χ2n) is 5.07. The van der Waals surface area contributed by atoms with Crippen molar-refractivity contribution in [3.05, 3.63) is 23.8 Å². The van der Waals surface area contributed by atoms with Gasteiger partial charge in [0.2, 0.25) is 0 Å². The maximum Gasteiger partial charge on any atom is 0.303 e. The number of aromatic hydroxyl groups is 1. The van der Waals surface area contributed by atoms with Crippen molar-refractivity contribution in [2.24, 2.45) is 0 Å². The van der Waals surface area contributed by atoms with Crippen LogP contribution in [0.5, 0.6) is 11.5 Å². The van der Waals surface area contributed by atoms with E-state index in [1.807, 2.05) is 6.07 Å². The molecule has 0 aromatic heterocycles. The van der Waals surface area contributed by atoms with Crippen LogP contribution < -0.4 is 4.74 Å². The predicted molar refractivity (Wildman–Crippen MR) is 77.1 cm³/mol. The third kappa shape index (κ3) is 5.09. The van der Waals surface area contributed by atoms with Gasteiger partial charge in [-0.25, -0.2) is 0 Å². The molecule has 0 aliphatic carbocycles. The van der Waals surface area contributed by atoms with Crippen molar-refractivity contribution >= 4 is 5.97 Å². The number of nitrogens with zero attached hydrogens (tertiary/aromatic N) is 1. The molecule has 20 heavy (non-hydrogen) atoms. The molecule has 0 spiro atoms. The second-order valence-corrected chi connectivity index (χ2v) is 5.07. The number of carbonyl (C=O) groups is 1. The first-order chi connectivity index (χ1) is 9.43. The summed E-state index contributed by atoms with van der Waals surface area (Å²) >= 11 is 0. The number of carboxylic acids is 1. The highest BCUT2D eigenvalue weighted by Crippen LogP contribution is 2.27. The van der Waals surface area contributed by atoms with Crippen molar-refractivity contribution in [1.29, 1.82) is 0 Å². The first-order valence-corrected chi connectivity index (χ1v) is 6.75. The molecule has 0 heterocycles. The van der Waals surface area contributed by atoms with Gasteiger partial charge >= 0.3 is 5.97 Å². The molecule has 0 radical (unpaired) electrons. The minimum Gasteiger partial charge on any atom is -0.504 e. The fraction of sp³-hybridized carbons (Fsp3) is 0.533. The summed E-state index contributed by atoms with van der Waals surface area (Å²) in [5, 5.41) is 18.5. The molecule has 0 saturated carbocycles. The van der Waals surface area contributed by atoms with Crippen molar-refractivity contribution in [1.82, 2.24) is 4.90 Å². The average Bonchev–Trinajstić information content (AvgIpc) is 2.37. The fourth-order valence-corrected chi connectivity index (χ4v) is 2.02. The Labute approximate surface area is 119 Å². The van der Waals surface area contributed by atoms with Gasteiger partial charge in [0.25, 0.3) is 0 Å². The van der Waals surface area contributed by atoms with E-state index in [9.17, 15) is 9.90 Å². The van der Waals surface area contributed by atoms with Gasteiger partial charge in [-0.3, -0.25) is 9.69 Å². The van der Waals surface area contributed by atoms with Crippen LogP contribution in [0.4, 0.5) is 0 Å². The van der Waals surface area contributed by atoms with Crippen molar-refractivity contribution in [2.75, 3.05) is 13.7 Å². The van der Waals surface area contributed by atoms with Gasteiger partial charge < -0.3 is 14.9 Å². The second kappa shape index (κ2) is 7.75. The third-order valence-electron chi connectivity index (χ3n) is 3.20. The lowest BCUT2D eigenvalue weighted by molar-refractivity contribution is -0.137. The Morgan fingerprint density at radius 2 is 2.10 bits per heavy atom. The topological polar surface area (TPSA) is 70.0 Å². The molecule has 0 fully saturated rings. The van der Waals surface area contributed by atoms with Crippen LogP contribution in [0.25, 0.3) is 0 Å². The summed E-state index contributed by atoms with van der Waals surface area (Å²) in [6.07, 6.45) is 0.798. The van der Waals surface area contributed by atoms with Crippen LogP contribution in [0.1, 0.15) is 32.3 Å². The zero-order valence-electron chi connectivity index (χ0n) is 12.3. The van der Waals surface area contributed by atoms with Gasteiger partial charge in [0, 0.05) is 19.0 Å². The van der Waals surface area contributed by atoms with E-state index in [0.29, 0.717) is 24.8 Å². The van der Waals surface area contributed by atoms with Crippen molar-refractivity contribution in [2.45, 2.75) is 39.3 Å². The van der Waals surface area contributed by atoms with E-state index in [2.05, 4.69) is 18.7 Å². The summed E-state index contributed by atoms with van der Waals surface area (Å²) < 4.78 is 5.01. The maximum atomic E-state index is 10.6. The van der Waals surface area contributed by atoms with Gasteiger partial charge in [-0.2, -0.15) is 0 Å². The number of carboxylic acid groups (broad SMARTS) is 1. The largest absolute Gasteiger partial charge is 0.504 e. The predicted octanol–water partition coefficient (Wildman–Crippen LogP) is 2.48. The molecular weight excluding hydrogens is 258 g/mol. The first kappa shape index (κ1) is 16.3. The highest BCUT2D eigenvalue weighted by atomic mass is 16.5. The van der Waals surface area contributed by atoms with Gasteiger partial charge in [-0.1, -0.05) is 6.07 Å². The highest BCUT2D eigenvalue weighted by Gasteiger charge is 2.12. The number of hydrogen-bond acceptors (Lipinski definition) is 4. The summed E-state index contributed by atoms with van der Waals surface area (Å²) in [4.78, 5) is 12.7. The van der Waals surface area contributed by atoms with E-state index in [1.165, 1.54) is 7.11 Å². The first-order valence-electron chi connectivity index (χ1n) is 6.75. The molecule has 0 bridgehead atoms. The van der Waals surface area contributed by atoms with E-state index < -0.39 is 5.97 Å². The highest BCUT2D eigenvalue weighted by molar-refractivity contribution is 5.66. The molecule has 0 aliphatic rings. The Balaban J connectivity index is 2.65. The lowest BCUT2D eigenvalue weighted by Crippen LogP contribution is -2.31. The molecular formula is C15H23NO4. The standard InChI is InChI=1S/C15H23NO4/c1-11(2)16(8-4-5-15(18)19)10-12-6-7-14(20-3)13(17)9-12/h6-7,9,11,17H,4-5,8,10H2,1-3H3,(H,18,19). The Kier molecular flexibility index (Phi) is 6.31. The molecule has 5 heteroatoms. The number of aliphatic carboxylic acids is 1. The van der Waals surface area contributed by atoms with Crippen molar-refractivity contribution < 1.29 is 19.7 Å². The minimum atomic E-state index is -0.768. The number of rotatable bonds is 8. The quantitative estimate of drug-likeness (QED) is 0.766. The Bertz CT molecular complexity index is 445. The maximum absolute atomic E-state index is 10.6. The molecule has 0 unspecified atom stereocenters. The van der Waals surface area contributed by atoms with Crippen LogP contribution in [-0.4, -0.2) is 40.8 Å². The van der Waals surface area contributed by atoms with Crippen molar-refractivity contribution in [3.8, 4) is 11.5 Å². The van der Waals surface area contributed by atoms with Gasteiger partial charge in [0.05, 0.1) is 7.11 Å². The monoisotopic (exact) mass is 281 g/mol. The van der Waals surface area contributed by atoms with E-state index in [0.717, 1.165) is 12.1 Å². The van der Waals surface area contributed by atoms with Crippen molar-refractivity contribution in [3.63, 3.8) is 0 Å². The molecule has 1 rings (SSSR count). The number of methoxy groups -OCH3 is 1. The Hall–Kier alpha value is -1.75. The molecule has 0 amide bonds. The molecule has 0 saturated heterocycles. The zero-order chi connectivity index (χ0) is 15.1. The van der Waals surface area contributed by atoms with Crippen LogP contribution >= 0.6 is 0 Å². The molecule has 1 aromatic carbocycles. The molecule has 0 aliphatic heterocycles. The number of ether oxygens (including phenoxy) is 1. The summed E-state index contributed by atoms with van der Waals surface area (Å²) in [5.74, 6) is -0.189. The summed E-state index contributed by atoms with van der Waals surface area (Å²) in [5.41, 5.74) is 0.979. The van der Waals surface area contributed by atoms with E-state index in [4.69, 9.17) is 9.84 Å². The number of benzene rings is 1. The number of hydrogen-bond donors (Lipinski definition) is 2. The van der Waals surface area contributed by atoms with Crippen LogP contribution in [0.2, 0.25) is 0 Å². The van der Waals surface area contributed by atoms with Crippen LogP contribution in [-0.2, 0) is 11.3 Å². The lowest BCUT2D eigenvalue weighted by atomic mass is 10.1.